The Hall–Kier alpha value is -1.26. The molecule has 0 atom stereocenters. The van der Waals surface area contributed by atoms with Crippen molar-refractivity contribution in [3.63, 3.8) is 0 Å². The third-order valence-corrected chi connectivity index (χ3v) is 1.53. The molecular weight excluding hydrogens is 209 g/mol. The van der Waals surface area contributed by atoms with Gasteiger partial charge in [0.25, 0.3) is 0 Å². The number of ether oxygens (including phenoxy) is 1. The Balaban J connectivity index is 3.55. The second-order valence-corrected chi connectivity index (χ2v) is 2.85. The number of hydrogen-bond donors (Lipinski definition) is 0. The summed E-state index contributed by atoms with van der Waals surface area (Å²) >= 11 is 0. The van der Waals surface area contributed by atoms with Crippen LogP contribution in [0.5, 0.6) is 0 Å². The van der Waals surface area contributed by atoms with Crippen molar-refractivity contribution in [1.82, 2.24) is 0 Å². The Bertz CT molecular complexity index is 231. The monoisotopic (exact) mass is 222 g/mol. The predicted octanol–water partition coefficient (Wildman–Crippen LogP) is 3.35. The van der Waals surface area contributed by atoms with Gasteiger partial charge in [-0.25, -0.2) is 4.79 Å². The van der Waals surface area contributed by atoms with Crippen LogP contribution in [0.1, 0.15) is 25.7 Å². The SMILES string of the molecule is C=CCCCC/C=C/OC(=O)C(F)(F)F. The van der Waals surface area contributed by atoms with E-state index in [0.29, 0.717) is 6.42 Å². The van der Waals surface area contributed by atoms with Crippen molar-refractivity contribution in [2.75, 3.05) is 0 Å². The summed E-state index contributed by atoms with van der Waals surface area (Å²) in [6.45, 7) is 3.53. The quantitative estimate of drug-likeness (QED) is 0.298. The van der Waals surface area contributed by atoms with Gasteiger partial charge in [-0.05, 0) is 31.8 Å². The first-order valence-electron chi connectivity index (χ1n) is 4.52. The highest BCUT2D eigenvalue weighted by Gasteiger charge is 2.40. The molecule has 0 fully saturated rings. The first-order valence-corrected chi connectivity index (χ1v) is 4.52. The van der Waals surface area contributed by atoms with Gasteiger partial charge in [-0.3, -0.25) is 0 Å². The van der Waals surface area contributed by atoms with Crippen LogP contribution in [-0.4, -0.2) is 12.1 Å². The molecule has 0 aliphatic heterocycles. The highest BCUT2D eigenvalue weighted by atomic mass is 19.4. The average molecular weight is 222 g/mol. The first kappa shape index (κ1) is 13.7. The fourth-order valence-electron chi connectivity index (χ4n) is 0.796. The molecule has 0 aromatic carbocycles. The minimum Gasteiger partial charge on any atom is -0.428 e. The number of carbonyl (C=O) groups is 1. The topological polar surface area (TPSA) is 26.3 Å². The molecule has 0 unspecified atom stereocenters. The van der Waals surface area contributed by atoms with Crippen LogP contribution in [0.15, 0.2) is 25.0 Å². The van der Waals surface area contributed by atoms with Crippen molar-refractivity contribution in [1.29, 1.82) is 0 Å². The molecule has 5 heteroatoms. The Morgan fingerprint density at radius 1 is 1.27 bits per heavy atom. The van der Waals surface area contributed by atoms with Gasteiger partial charge in [-0.15, -0.1) is 6.58 Å². The molecule has 0 saturated carbocycles. The number of unbranched alkanes of at least 4 members (excludes halogenated alkanes) is 3. The summed E-state index contributed by atoms with van der Waals surface area (Å²) in [7, 11) is 0. The summed E-state index contributed by atoms with van der Waals surface area (Å²) in [5, 5.41) is 0. The normalized spacial score (nSPS) is 11.7. The Kier molecular flexibility index (Phi) is 6.49. The summed E-state index contributed by atoms with van der Waals surface area (Å²) < 4.78 is 38.7. The number of allylic oxidation sites excluding steroid dienone is 2. The van der Waals surface area contributed by atoms with E-state index in [1.807, 2.05) is 0 Å². The highest BCUT2D eigenvalue weighted by Crippen LogP contribution is 2.16. The van der Waals surface area contributed by atoms with Crippen molar-refractivity contribution in [3.8, 4) is 0 Å². The largest absolute Gasteiger partial charge is 0.491 e. The molecule has 0 heterocycles. The summed E-state index contributed by atoms with van der Waals surface area (Å²) in [6.07, 6.45) is 2.22. The second kappa shape index (κ2) is 7.09. The van der Waals surface area contributed by atoms with E-state index >= 15 is 0 Å². The fraction of sp³-hybridized carbons (Fsp3) is 0.500. The lowest BCUT2D eigenvalue weighted by molar-refractivity contribution is -0.193. The number of alkyl halides is 3. The second-order valence-electron chi connectivity index (χ2n) is 2.85. The third kappa shape index (κ3) is 7.78. The maximum absolute atomic E-state index is 11.6. The number of carbonyl (C=O) groups excluding carboxylic acids is 1. The standard InChI is InChI=1S/C10H13F3O2/c1-2-3-4-5-6-7-8-15-9(14)10(11,12)13/h2,7-8H,1,3-6H2/b8-7+. The summed E-state index contributed by atoms with van der Waals surface area (Å²) in [4.78, 5) is 10.2. The molecule has 0 amide bonds. The zero-order valence-corrected chi connectivity index (χ0v) is 8.22. The van der Waals surface area contributed by atoms with E-state index in [2.05, 4.69) is 11.3 Å². The van der Waals surface area contributed by atoms with Crippen LogP contribution in [0.25, 0.3) is 0 Å². The lowest BCUT2D eigenvalue weighted by Gasteiger charge is -2.01. The molecular formula is C10H13F3O2. The molecule has 0 aliphatic carbocycles. The van der Waals surface area contributed by atoms with Crippen LogP contribution in [-0.2, 0) is 9.53 Å². The summed E-state index contributed by atoms with van der Waals surface area (Å²) in [5.74, 6) is -2.19. The van der Waals surface area contributed by atoms with E-state index in [0.717, 1.165) is 25.5 Å². The van der Waals surface area contributed by atoms with E-state index in [1.54, 1.807) is 6.08 Å². The van der Waals surface area contributed by atoms with Crippen LogP contribution in [0, 0.1) is 0 Å². The van der Waals surface area contributed by atoms with Gasteiger partial charge in [-0.2, -0.15) is 13.2 Å². The van der Waals surface area contributed by atoms with E-state index in [1.165, 1.54) is 6.08 Å². The van der Waals surface area contributed by atoms with Gasteiger partial charge in [0.05, 0.1) is 6.26 Å². The van der Waals surface area contributed by atoms with E-state index in [-0.39, 0.29) is 0 Å². The fourth-order valence-corrected chi connectivity index (χ4v) is 0.796. The average Bonchev–Trinajstić information content (AvgIpc) is 2.14. The Morgan fingerprint density at radius 2 is 1.87 bits per heavy atom. The molecule has 0 saturated heterocycles. The maximum Gasteiger partial charge on any atom is 0.491 e. The molecule has 15 heavy (non-hydrogen) atoms. The van der Waals surface area contributed by atoms with Crippen molar-refractivity contribution in [2.24, 2.45) is 0 Å². The number of esters is 1. The molecule has 2 nitrogen and oxygen atoms in total. The van der Waals surface area contributed by atoms with Crippen molar-refractivity contribution < 1.29 is 22.7 Å². The number of hydrogen-bond acceptors (Lipinski definition) is 2. The van der Waals surface area contributed by atoms with E-state index in [9.17, 15) is 18.0 Å². The minimum absolute atomic E-state index is 0.582. The van der Waals surface area contributed by atoms with Crippen LogP contribution >= 0.6 is 0 Å². The summed E-state index contributed by atoms with van der Waals surface area (Å²) in [5.41, 5.74) is 0. The molecule has 0 spiro atoms. The molecule has 0 N–H and O–H groups in total. The molecule has 86 valence electrons. The molecule has 0 radical (unpaired) electrons. The summed E-state index contributed by atoms with van der Waals surface area (Å²) in [6, 6.07) is 0. The van der Waals surface area contributed by atoms with Gasteiger partial charge in [0.2, 0.25) is 0 Å². The van der Waals surface area contributed by atoms with Gasteiger partial charge in [0.1, 0.15) is 0 Å². The third-order valence-electron chi connectivity index (χ3n) is 1.53. The van der Waals surface area contributed by atoms with Crippen LogP contribution < -0.4 is 0 Å². The van der Waals surface area contributed by atoms with Gasteiger partial charge in [0, 0.05) is 0 Å². The first-order chi connectivity index (χ1) is 6.98. The van der Waals surface area contributed by atoms with E-state index < -0.39 is 12.1 Å². The Morgan fingerprint density at radius 3 is 2.40 bits per heavy atom. The van der Waals surface area contributed by atoms with E-state index in [4.69, 9.17) is 0 Å². The van der Waals surface area contributed by atoms with Crippen LogP contribution in [0.3, 0.4) is 0 Å². The highest BCUT2D eigenvalue weighted by molar-refractivity contribution is 5.76. The number of halogens is 3. The van der Waals surface area contributed by atoms with Gasteiger partial charge in [0.15, 0.2) is 0 Å². The van der Waals surface area contributed by atoms with Crippen LogP contribution in [0.2, 0.25) is 0 Å². The Labute approximate surface area is 86.4 Å². The lowest BCUT2D eigenvalue weighted by Crippen LogP contribution is -2.23. The van der Waals surface area contributed by atoms with Crippen LogP contribution in [0.4, 0.5) is 13.2 Å². The molecule has 0 rings (SSSR count). The van der Waals surface area contributed by atoms with Crippen molar-refractivity contribution >= 4 is 5.97 Å². The predicted molar refractivity (Wildman–Crippen MR) is 50.0 cm³/mol. The van der Waals surface area contributed by atoms with Gasteiger partial charge >= 0.3 is 12.1 Å². The lowest BCUT2D eigenvalue weighted by atomic mass is 10.2. The van der Waals surface area contributed by atoms with Gasteiger partial charge < -0.3 is 4.74 Å². The zero-order chi connectivity index (χ0) is 11.7. The minimum atomic E-state index is -4.92. The molecule has 0 aromatic heterocycles. The van der Waals surface area contributed by atoms with Crippen molar-refractivity contribution in [2.45, 2.75) is 31.9 Å². The maximum atomic E-state index is 11.6. The number of rotatable bonds is 6. The zero-order valence-electron chi connectivity index (χ0n) is 8.22. The molecule has 0 aliphatic rings. The molecule has 0 aromatic rings. The van der Waals surface area contributed by atoms with Crippen molar-refractivity contribution in [3.05, 3.63) is 25.0 Å². The smallest absolute Gasteiger partial charge is 0.428 e. The van der Waals surface area contributed by atoms with Gasteiger partial charge in [-0.1, -0.05) is 6.08 Å². The molecule has 0 bridgehead atoms.